The zero-order valence-corrected chi connectivity index (χ0v) is 10.6. The summed E-state index contributed by atoms with van der Waals surface area (Å²) in [4.78, 5) is 15.7. The molecule has 0 aliphatic carbocycles. The van der Waals surface area contributed by atoms with Gasteiger partial charge in [-0.3, -0.25) is 0 Å². The van der Waals surface area contributed by atoms with Crippen molar-refractivity contribution in [3.05, 3.63) is 47.4 Å². The number of hydrogen-bond acceptors (Lipinski definition) is 4. The summed E-state index contributed by atoms with van der Waals surface area (Å²) in [7, 11) is 1.29. The first kappa shape index (κ1) is 13.0. The fourth-order valence-electron chi connectivity index (χ4n) is 1.89. The van der Waals surface area contributed by atoms with E-state index in [1.807, 2.05) is 0 Å². The number of methoxy groups -OCH3 is 1. The molecule has 1 aromatic heterocycles. The van der Waals surface area contributed by atoms with Crippen LogP contribution in [0.5, 0.6) is 0 Å². The third-order valence-electron chi connectivity index (χ3n) is 2.81. The summed E-state index contributed by atoms with van der Waals surface area (Å²) in [5.74, 6) is -0.610. The minimum atomic E-state index is -0.507. The summed E-state index contributed by atoms with van der Waals surface area (Å²) >= 11 is 0. The molecule has 2 aromatic rings. The molecule has 5 heteroatoms. The Balaban J connectivity index is 2.64. The van der Waals surface area contributed by atoms with Crippen molar-refractivity contribution in [2.75, 3.05) is 12.8 Å². The molecule has 0 aliphatic rings. The summed E-state index contributed by atoms with van der Waals surface area (Å²) < 4.78 is 17.8. The van der Waals surface area contributed by atoms with E-state index in [4.69, 9.17) is 10.5 Å². The van der Waals surface area contributed by atoms with Crippen LogP contribution in [0, 0.1) is 12.7 Å². The number of carbonyl (C=O) groups excluding carboxylic acids is 1. The third kappa shape index (κ3) is 2.54. The first-order valence-electron chi connectivity index (χ1n) is 5.63. The van der Waals surface area contributed by atoms with E-state index >= 15 is 0 Å². The van der Waals surface area contributed by atoms with Gasteiger partial charge in [-0.25, -0.2) is 14.2 Å². The van der Waals surface area contributed by atoms with Gasteiger partial charge in [0.25, 0.3) is 0 Å². The topological polar surface area (TPSA) is 65.2 Å². The van der Waals surface area contributed by atoms with Crippen LogP contribution < -0.4 is 5.73 Å². The lowest BCUT2D eigenvalue weighted by Crippen LogP contribution is -2.06. The first-order chi connectivity index (χ1) is 9.02. The number of nitrogens with two attached hydrogens (primary N) is 1. The van der Waals surface area contributed by atoms with Gasteiger partial charge in [-0.2, -0.15) is 0 Å². The predicted molar refractivity (Wildman–Crippen MR) is 70.1 cm³/mol. The van der Waals surface area contributed by atoms with Crippen LogP contribution in [0.2, 0.25) is 0 Å². The van der Waals surface area contributed by atoms with Crippen molar-refractivity contribution in [1.82, 2.24) is 4.98 Å². The molecule has 1 aromatic carbocycles. The molecule has 4 nitrogen and oxygen atoms in total. The number of anilines is 1. The molecule has 2 rings (SSSR count). The Kier molecular flexibility index (Phi) is 3.46. The second kappa shape index (κ2) is 5.06. The van der Waals surface area contributed by atoms with Crippen LogP contribution in [0.1, 0.15) is 15.9 Å². The third-order valence-corrected chi connectivity index (χ3v) is 2.81. The molecule has 0 bridgehead atoms. The molecule has 0 unspecified atom stereocenters. The van der Waals surface area contributed by atoms with Gasteiger partial charge >= 0.3 is 5.97 Å². The number of carbonyl (C=O) groups is 1. The number of aromatic nitrogens is 1. The maximum atomic E-state index is 13.1. The van der Waals surface area contributed by atoms with Gasteiger partial charge in [-0.1, -0.05) is 6.07 Å². The standard InChI is InChI=1S/C14H13FN2O2/c1-8-5-9(15)3-4-10(8)12-7-17-13(16)6-11(12)14(18)19-2/h3-7H,1-2H3,(H2,16,17). The minimum Gasteiger partial charge on any atom is -0.465 e. The van der Waals surface area contributed by atoms with Gasteiger partial charge in [0, 0.05) is 11.8 Å². The second-order valence-corrected chi connectivity index (χ2v) is 4.11. The van der Waals surface area contributed by atoms with E-state index in [0.29, 0.717) is 22.3 Å². The van der Waals surface area contributed by atoms with E-state index in [1.165, 1.54) is 31.5 Å². The Hall–Kier alpha value is -2.43. The fourth-order valence-corrected chi connectivity index (χ4v) is 1.89. The van der Waals surface area contributed by atoms with Crippen LogP contribution in [0.25, 0.3) is 11.1 Å². The van der Waals surface area contributed by atoms with E-state index in [1.54, 1.807) is 13.0 Å². The van der Waals surface area contributed by atoms with Crippen LogP contribution in [-0.4, -0.2) is 18.1 Å². The number of pyridine rings is 1. The normalized spacial score (nSPS) is 10.3. The number of rotatable bonds is 2. The van der Waals surface area contributed by atoms with Crippen molar-refractivity contribution < 1.29 is 13.9 Å². The summed E-state index contributed by atoms with van der Waals surface area (Å²) in [5, 5.41) is 0. The predicted octanol–water partition coefficient (Wildman–Crippen LogP) is 2.56. The summed E-state index contributed by atoms with van der Waals surface area (Å²) in [6.07, 6.45) is 1.49. The number of aryl methyl sites for hydroxylation is 1. The Morgan fingerprint density at radius 3 is 2.68 bits per heavy atom. The molecule has 0 saturated heterocycles. The highest BCUT2D eigenvalue weighted by Gasteiger charge is 2.16. The number of ether oxygens (including phenoxy) is 1. The van der Waals surface area contributed by atoms with Gasteiger partial charge in [0.1, 0.15) is 11.6 Å². The van der Waals surface area contributed by atoms with E-state index in [2.05, 4.69) is 4.98 Å². The van der Waals surface area contributed by atoms with E-state index in [-0.39, 0.29) is 11.6 Å². The van der Waals surface area contributed by atoms with Crippen molar-refractivity contribution in [2.24, 2.45) is 0 Å². The molecule has 2 N–H and O–H groups in total. The lowest BCUT2D eigenvalue weighted by atomic mass is 9.97. The van der Waals surface area contributed by atoms with Crippen molar-refractivity contribution in [1.29, 1.82) is 0 Å². The monoisotopic (exact) mass is 260 g/mol. The molecule has 0 saturated carbocycles. The molecule has 0 atom stereocenters. The molecule has 1 heterocycles. The van der Waals surface area contributed by atoms with Crippen LogP contribution in [0.15, 0.2) is 30.5 Å². The molecule has 0 aliphatic heterocycles. The van der Waals surface area contributed by atoms with Gasteiger partial charge in [0.05, 0.1) is 12.7 Å². The summed E-state index contributed by atoms with van der Waals surface area (Å²) in [6, 6.07) is 5.78. The molecular weight excluding hydrogens is 247 g/mol. The minimum absolute atomic E-state index is 0.226. The summed E-state index contributed by atoms with van der Waals surface area (Å²) in [6.45, 7) is 1.76. The molecule has 0 amide bonds. The Morgan fingerprint density at radius 2 is 2.05 bits per heavy atom. The highest BCUT2D eigenvalue weighted by atomic mass is 19.1. The number of nitrogens with zero attached hydrogens (tertiary/aromatic N) is 1. The van der Waals surface area contributed by atoms with Gasteiger partial charge < -0.3 is 10.5 Å². The molecule has 98 valence electrons. The molecule has 0 fully saturated rings. The van der Waals surface area contributed by atoms with Crippen molar-refractivity contribution in [3.8, 4) is 11.1 Å². The molecule has 19 heavy (non-hydrogen) atoms. The van der Waals surface area contributed by atoms with E-state index in [0.717, 1.165) is 0 Å². The van der Waals surface area contributed by atoms with E-state index in [9.17, 15) is 9.18 Å². The van der Waals surface area contributed by atoms with E-state index < -0.39 is 5.97 Å². The van der Waals surface area contributed by atoms with Gasteiger partial charge in [0.15, 0.2) is 0 Å². The highest BCUT2D eigenvalue weighted by molar-refractivity contribution is 5.98. The van der Waals surface area contributed by atoms with Gasteiger partial charge in [-0.15, -0.1) is 0 Å². The lowest BCUT2D eigenvalue weighted by molar-refractivity contribution is 0.0601. The molecular formula is C14H13FN2O2. The van der Waals surface area contributed by atoms with Crippen LogP contribution in [0.3, 0.4) is 0 Å². The first-order valence-corrected chi connectivity index (χ1v) is 5.63. The number of nitrogen functional groups attached to an aromatic ring is 1. The second-order valence-electron chi connectivity index (χ2n) is 4.11. The van der Waals surface area contributed by atoms with Crippen LogP contribution in [0.4, 0.5) is 10.2 Å². The number of benzene rings is 1. The van der Waals surface area contributed by atoms with Crippen molar-refractivity contribution in [2.45, 2.75) is 6.92 Å². The average molecular weight is 260 g/mol. The van der Waals surface area contributed by atoms with Gasteiger partial charge in [-0.05, 0) is 36.2 Å². The zero-order chi connectivity index (χ0) is 14.0. The molecule has 0 radical (unpaired) electrons. The van der Waals surface area contributed by atoms with Crippen LogP contribution >= 0.6 is 0 Å². The average Bonchev–Trinajstić information content (AvgIpc) is 2.38. The highest BCUT2D eigenvalue weighted by Crippen LogP contribution is 2.28. The van der Waals surface area contributed by atoms with Crippen molar-refractivity contribution >= 4 is 11.8 Å². The smallest absolute Gasteiger partial charge is 0.338 e. The maximum absolute atomic E-state index is 13.1. The van der Waals surface area contributed by atoms with Crippen LogP contribution in [-0.2, 0) is 4.74 Å². The lowest BCUT2D eigenvalue weighted by Gasteiger charge is -2.11. The zero-order valence-electron chi connectivity index (χ0n) is 10.6. The van der Waals surface area contributed by atoms with Crippen molar-refractivity contribution in [3.63, 3.8) is 0 Å². The quantitative estimate of drug-likeness (QED) is 0.843. The Labute approximate surface area is 110 Å². The number of esters is 1. The number of halogens is 1. The Bertz CT molecular complexity index is 641. The summed E-state index contributed by atoms with van der Waals surface area (Å²) in [5.41, 5.74) is 7.88. The number of hydrogen-bond donors (Lipinski definition) is 1. The largest absolute Gasteiger partial charge is 0.465 e. The Morgan fingerprint density at radius 1 is 1.32 bits per heavy atom. The maximum Gasteiger partial charge on any atom is 0.338 e. The fraction of sp³-hybridized carbons (Fsp3) is 0.143. The van der Waals surface area contributed by atoms with Gasteiger partial charge in [0.2, 0.25) is 0 Å². The molecule has 0 spiro atoms. The SMILES string of the molecule is COC(=O)c1cc(N)ncc1-c1ccc(F)cc1C.